The Morgan fingerprint density at radius 1 is 1.19 bits per heavy atom. The minimum absolute atomic E-state index is 0.373. The van der Waals surface area contributed by atoms with Crippen molar-refractivity contribution >= 4 is 33.9 Å². The summed E-state index contributed by atoms with van der Waals surface area (Å²) in [5.74, 6) is 2.39. The van der Waals surface area contributed by atoms with Gasteiger partial charge in [0.25, 0.3) is 11.1 Å². The molecular weight excluding hydrogens is 372 g/mol. The molecule has 1 aromatic carbocycles. The van der Waals surface area contributed by atoms with E-state index in [-0.39, 0.29) is 0 Å². The third-order valence-corrected chi connectivity index (χ3v) is 5.03. The Kier molecular flexibility index (Phi) is 4.89. The molecule has 0 amide bonds. The number of furan rings is 1. The summed E-state index contributed by atoms with van der Waals surface area (Å²) in [6.45, 7) is 0. The zero-order valence-electron chi connectivity index (χ0n) is 13.7. The predicted octanol–water partition coefficient (Wildman–Crippen LogP) is 4.83. The number of nitrogens with zero attached hydrogens (tertiary/aromatic N) is 3. The van der Waals surface area contributed by atoms with Crippen LogP contribution < -0.4 is 10.1 Å². The summed E-state index contributed by atoms with van der Waals surface area (Å²) in [5, 5.41) is 14.6. The standard InChI is InChI=1S/C17H14N4O3S2/c1-22-13-6-4-11(5-7-13)18-16-19-12(9-25-16)10-26-17-21-20-15(24-17)14-3-2-8-23-14/h2-9H,10H2,1H3,(H,18,19). The molecule has 0 spiro atoms. The lowest BCUT2D eigenvalue weighted by Gasteiger charge is -2.03. The highest BCUT2D eigenvalue weighted by Gasteiger charge is 2.12. The van der Waals surface area contributed by atoms with Crippen LogP contribution in [-0.2, 0) is 5.75 Å². The van der Waals surface area contributed by atoms with Crippen LogP contribution in [0.15, 0.2) is 62.1 Å². The molecule has 3 heterocycles. The minimum Gasteiger partial charge on any atom is -0.497 e. The van der Waals surface area contributed by atoms with Crippen LogP contribution in [-0.4, -0.2) is 22.3 Å². The van der Waals surface area contributed by atoms with Crippen LogP contribution in [0.2, 0.25) is 0 Å². The Morgan fingerprint density at radius 2 is 2.08 bits per heavy atom. The third kappa shape index (κ3) is 3.89. The molecule has 0 bridgehead atoms. The van der Waals surface area contributed by atoms with E-state index < -0.39 is 0 Å². The first-order valence-corrected chi connectivity index (χ1v) is 9.52. The second-order valence-electron chi connectivity index (χ2n) is 5.14. The summed E-state index contributed by atoms with van der Waals surface area (Å²) in [4.78, 5) is 4.57. The highest BCUT2D eigenvalue weighted by molar-refractivity contribution is 7.98. The maximum Gasteiger partial charge on any atom is 0.284 e. The third-order valence-electron chi connectivity index (χ3n) is 3.37. The first-order valence-electron chi connectivity index (χ1n) is 7.66. The van der Waals surface area contributed by atoms with Crippen molar-refractivity contribution in [2.45, 2.75) is 11.0 Å². The van der Waals surface area contributed by atoms with Crippen molar-refractivity contribution in [3.05, 3.63) is 53.7 Å². The average molecular weight is 386 g/mol. The zero-order chi connectivity index (χ0) is 17.8. The fourth-order valence-corrected chi connectivity index (χ4v) is 3.62. The van der Waals surface area contributed by atoms with E-state index in [2.05, 4.69) is 20.5 Å². The summed E-state index contributed by atoms with van der Waals surface area (Å²) in [6.07, 6.45) is 1.57. The fraction of sp³-hybridized carbons (Fsp3) is 0.118. The average Bonchev–Trinajstić information content (AvgIpc) is 3.42. The molecule has 0 radical (unpaired) electrons. The molecule has 4 aromatic rings. The Morgan fingerprint density at radius 3 is 2.85 bits per heavy atom. The summed E-state index contributed by atoms with van der Waals surface area (Å²) in [5.41, 5.74) is 1.90. The number of hydrogen-bond donors (Lipinski definition) is 1. The molecule has 132 valence electrons. The molecule has 26 heavy (non-hydrogen) atoms. The minimum atomic E-state index is 0.373. The van der Waals surface area contributed by atoms with Gasteiger partial charge in [-0.1, -0.05) is 11.8 Å². The normalized spacial score (nSPS) is 10.8. The maximum absolute atomic E-state index is 5.57. The van der Waals surface area contributed by atoms with E-state index in [4.69, 9.17) is 13.6 Å². The first-order chi connectivity index (χ1) is 12.8. The molecule has 0 fully saturated rings. The van der Waals surface area contributed by atoms with Crippen LogP contribution in [0.5, 0.6) is 5.75 Å². The molecule has 0 saturated carbocycles. The molecule has 0 aliphatic heterocycles. The van der Waals surface area contributed by atoms with Gasteiger partial charge in [-0.05, 0) is 36.4 Å². The molecule has 0 aliphatic carbocycles. The van der Waals surface area contributed by atoms with Crippen molar-refractivity contribution in [2.75, 3.05) is 12.4 Å². The van der Waals surface area contributed by atoms with Gasteiger partial charge in [-0.3, -0.25) is 0 Å². The Hall–Kier alpha value is -2.78. The van der Waals surface area contributed by atoms with Gasteiger partial charge < -0.3 is 18.9 Å². The lowest BCUT2D eigenvalue weighted by atomic mass is 10.3. The second kappa shape index (κ2) is 7.63. The van der Waals surface area contributed by atoms with Crippen molar-refractivity contribution in [3.8, 4) is 17.4 Å². The number of aromatic nitrogens is 3. The summed E-state index contributed by atoms with van der Waals surface area (Å²) in [7, 11) is 1.65. The fourth-order valence-electron chi connectivity index (χ4n) is 2.13. The molecule has 3 aromatic heterocycles. The summed E-state index contributed by atoms with van der Waals surface area (Å²) < 4.78 is 16.0. The quantitative estimate of drug-likeness (QED) is 0.452. The Labute approximate surface area is 157 Å². The largest absolute Gasteiger partial charge is 0.497 e. The van der Waals surface area contributed by atoms with Crippen LogP contribution in [0.1, 0.15) is 5.69 Å². The Balaban J connectivity index is 1.34. The number of thioether (sulfide) groups is 1. The molecule has 9 heteroatoms. The zero-order valence-corrected chi connectivity index (χ0v) is 15.3. The van der Waals surface area contributed by atoms with Gasteiger partial charge in [0.15, 0.2) is 10.9 Å². The molecule has 0 atom stereocenters. The van der Waals surface area contributed by atoms with Crippen molar-refractivity contribution < 1.29 is 13.6 Å². The van der Waals surface area contributed by atoms with Crippen molar-refractivity contribution in [1.29, 1.82) is 0 Å². The van der Waals surface area contributed by atoms with Gasteiger partial charge in [0.05, 0.1) is 19.1 Å². The van der Waals surface area contributed by atoms with Gasteiger partial charge in [0.1, 0.15) is 5.75 Å². The number of methoxy groups -OCH3 is 1. The van der Waals surface area contributed by atoms with Crippen LogP contribution in [0.25, 0.3) is 11.7 Å². The number of anilines is 2. The van der Waals surface area contributed by atoms with E-state index in [0.29, 0.717) is 22.6 Å². The first kappa shape index (κ1) is 16.7. The van der Waals surface area contributed by atoms with Crippen LogP contribution >= 0.6 is 23.1 Å². The molecule has 1 N–H and O–H groups in total. The predicted molar refractivity (Wildman–Crippen MR) is 100.0 cm³/mol. The van der Waals surface area contributed by atoms with Gasteiger partial charge >= 0.3 is 0 Å². The van der Waals surface area contributed by atoms with Gasteiger partial charge in [0, 0.05) is 16.8 Å². The van der Waals surface area contributed by atoms with Crippen LogP contribution in [0, 0.1) is 0 Å². The van der Waals surface area contributed by atoms with Crippen molar-refractivity contribution in [3.63, 3.8) is 0 Å². The van der Waals surface area contributed by atoms with Crippen LogP contribution in [0.3, 0.4) is 0 Å². The molecule has 7 nitrogen and oxygen atoms in total. The van der Waals surface area contributed by atoms with E-state index in [9.17, 15) is 0 Å². The molecule has 0 aliphatic rings. The smallest absolute Gasteiger partial charge is 0.284 e. The number of thiazole rings is 1. The van der Waals surface area contributed by atoms with E-state index in [1.807, 2.05) is 29.6 Å². The van der Waals surface area contributed by atoms with Gasteiger partial charge in [-0.15, -0.1) is 21.5 Å². The number of benzene rings is 1. The van der Waals surface area contributed by atoms with Crippen molar-refractivity contribution in [2.24, 2.45) is 0 Å². The SMILES string of the molecule is COc1ccc(Nc2nc(CSc3nnc(-c4ccco4)o3)cs2)cc1. The molecule has 4 rings (SSSR count). The van der Waals surface area contributed by atoms with Gasteiger partial charge in [-0.25, -0.2) is 4.98 Å². The molecular formula is C17H14N4O3S2. The van der Waals surface area contributed by atoms with E-state index in [1.165, 1.54) is 11.8 Å². The van der Waals surface area contributed by atoms with Crippen molar-refractivity contribution in [1.82, 2.24) is 15.2 Å². The topological polar surface area (TPSA) is 86.2 Å². The highest BCUT2D eigenvalue weighted by Crippen LogP contribution is 2.28. The van der Waals surface area contributed by atoms with Gasteiger partial charge in [0.2, 0.25) is 0 Å². The molecule has 0 unspecified atom stereocenters. The van der Waals surface area contributed by atoms with E-state index in [1.54, 1.807) is 36.8 Å². The number of rotatable bonds is 7. The number of hydrogen-bond acceptors (Lipinski definition) is 9. The Bertz CT molecular complexity index is 964. The monoisotopic (exact) mass is 386 g/mol. The van der Waals surface area contributed by atoms with Gasteiger partial charge in [-0.2, -0.15) is 0 Å². The van der Waals surface area contributed by atoms with E-state index in [0.717, 1.165) is 22.3 Å². The van der Waals surface area contributed by atoms with E-state index >= 15 is 0 Å². The maximum atomic E-state index is 5.57. The number of ether oxygens (including phenoxy) is 1. The second-order valence-corrected chi connectivity index (χ2v) is 6.92. The lowest BCUT2D eigenvalue weighted by Crippen LogP contribution is -1.90. The lowest BCUT2D eigenvalue weighted by molar-refractivity contribution is 0.415. The summed E-state index contributed by atoms with van der Waals surface area (Å²) in [6, 6.07) is 11.3. The highest BCUT2D eigenvalue weighted by atomic mass is 32.2. The summed E-state index contributed by atoms with van der Waals surface area (Å²) >= 11 is 2.98. The molecule has 0 saturated heterocycles. The van der Waals surface area contributed by atoms with Crippen LogP contribution in [0.4, 0.5) is 10.8 Å². The number of nitrogens with one attached hydrogen (secondary N) is 1.